The molecule has 1 aromatic heterocycles. The van der Waals surface area contributed by atoms with Crippen molar-refractivity contribution in [3.63, 3.8) is 0 Å². The Morgan fingerprint density at radius 3 is 2.90 bits per heavy atom. The Labute approximate surface area is 174 Å². The number of aryl methyl sites for hydroxylation is 1. The first-order valence-electron chi connectivity index (χ1n) is 9.66. The summed E-state index contributed by atoms with van der Waals surface area (Å²) in [6, 6.07) is 9.61. The summed E-state index contributed by atoms with van der Waals surface area (Å²) in [4.78, 5) is 26.4. The molecule has 0 aliphatic carbocycles. The van der Waals surface area contributed by atoms with Crippen LogP contribution in [0.5, 0.6) is 5.75 Å². The van der Waals surface area contributed by atoms with Gasteiger partial charge in [-0.15, -0.1) is 10.2 Å². The van der Waals surface area contributed by atoms with E-state index in [9.17, 15) is 9.59 Å². The van der Waals surface area contributed by atoms with E-state index in [1.807, 2.05) is 37.3 Å². The summed E-state index contributed by atoms with van der Waals surface area (Å²) < 4.78 is 10.8. The second-order valence-corrected chi connectivity index (χ2v) is 8.07. The van der Waals surface area contributed by atoms with Gasteiger partial charge in [-0.3, -0.25) is 9.59 Å². The van der Waals surface area contributed by atoms with E-state index in [1.54, 1.807) is 12.0 Å². The molecule has 2 heterocycles. The predicted molar refractivity (Wildman–Crippen MR) is 110 cm³/mol. The normalized spacial score (nSPS) is 17.4. The van der Waals surface area contributed by atoms with Crippen LogP contribution >= 0.6 is 11.3 Å². The van der Waals surface area contributed by atoms with Crippen molar-refractivity contribution in [1.29, 1.82) is 0 Å². The maximum Gasteiger partial charge on any atom is 0.231 e. The second kappa shape index (κ2) is 10.3. The third kappa shape index (κ3) is 5.98. The number of benzene rings is 1. The summed E-state index contributed by atoms with van der Waals surface area (Å²) in [5.41, 5.74) is 0. The minimum atomic E-state index is -0.381. The first kappa shape index (κ1) is 21.2. The van der Waals surface area contributed by atoms with E-state index >= 15 is 0 Å². The lowest BCUT2D eigenvalue weighted by atomic mass is 10.1. The van der Waals surface area contributed by atoms with Crippen molar-refractivity contribution in [2.24, 2.45) is 5.92 Å². The first-order valence-corrected chi connectivity index (χ1v) is 10.5. The summed E-state index contributed by atoms with van der Waals surface area (Å²) in [5, 5.41) is 12.3. The van der Waals surface area contributed by atoms with Gasteiger partial charge in [0, 0.05) is 26.5 Å². The number of methoxy groups -OCH3 is 1. The van der Waals surface area contributed by atoms with Gasteiger partial charge in [-0.2, -0.15) is 0 Å². The minimum absolute atomic E-state index is 0.0222. The molecule has 29 heavy (non-hydrogen) atoms. The average Bonchev–Trinajstić information content (AvgIpc) is 3.33. The van der Waals surface area contributed by atoms with E-state index in [4.69, 9.17) is 9.47 Å². The molecule has 0 radical (unpaired) electrons. The zero-order valence-corrected chi connectivity index (χ0v) is 17.5. The van der Waals surface area contributed by atoms with Gasteiger partial charge in [0.2, 0.25) is 16.9 Å². The van der Waals surface area contributed by atoms with Gasteiger partial charge in [0.05, 0.1) is 25.2 Å². The Morgan fingerprint density at radius 2 is 2.14 bits per heavy atom. The fourth-order valence-electron chi connectivity index (χ4n) is 3.21. The Bertz CT molecular complexity index is 814. The molecule has 2 atom stereocenters. The van der Waals surface area contributed by atoms with E-state index in [2.05, 4.69) is 15.5 Å². The molecular formula is C20H26N4O4S. The molecule has 0 unspecified atom stereocenters. The molecule has 1 N–H and O–H groups in total. The van der Waals surface area contributed by atoms with E-state index in [0.717, 1.165) is 23.6 Å². The number of para-hydroxylation sites is 1. The standard InChI is InChI=1S/C20H26N4O4S/c1-14(13-27-2)24-12-15(11-18(24)25)19(26)21-20-23-22-17(29-20)9-6-10-28-16-7-4-3-5-8-16/h3-5,7-8,14-15H,6,9-13H2,1-2H3,(H,21,23,26)/t14-,15-/m1/s1. The highest BCUT2D eigenvalue weighted by atomic mass is 32.1. The highest BCUT2D eigenvalue weighted by molar-refractivity contribution is 7.15. The summed E-state index contributed by atoms with van der Waals surface area (Å²) in [7, 11) is 1.60. The number of aromatic nitrogens is 2. The molecule has 1 aliphatic rings. The van der Waals surface area contributed by atoms with Gasteiger partial charge < -0.3 is 19.7 Å². The fourth-order valence-corrected chi connectivity index (χ4v) is 3.99. The number of anilines is 1. The smallest absolute Gasteiger partial charge is 0.231 e. The SMILES string of the molecule is COC[C@@H](C)N1C[C@H](C(=O)Nc2nnc(CCCOc3ccccc3)s2)CC1=O. The van der Waals surface area contributed by atoms with Gasteiger partial charge in [0.1, 0.15) is 10.8 Å². The lowest BCUT2D eigenvalue weighted by Crippen LogP contribution is -2.38. The number of nitrogens with one attached hydrogen (secondary N) is 1. The molecule has 0 saturated carbocycles. The molecule has 2 aromatic rings. The molecule has 1 saturated heterocycles. The van der Waals surface area contributed by atoms with Crippen LogP contribution in [0.4, 0.5) is 5.13 Å². The van der Waals surface area contributed by atoms with E-state index in [0.29, 0.717) is 24.9 Å². The minimum Gasteiger partial charge on any atom is -0.494 e. The third-order valence-corrected chi connectivity index (χ3v) is 5.61. The number of hydrogen-bond donors (Lipinski definition) is 1. The molecule has 156 valence electrons. The van der Waals surface area contributed by atoms with Crippen LogP contribution in [0, 0.1) is 5.92 Å². The van der Waals surface area contributed by atoms with Crippen molar-refractivity contribution >= 4 is 28.3 Å². The van der Waals surface area contributed by atoms with E-state index in [-0.39, 0.29) is 30.2 Å². The number of likely N-dealkylation sites (tertiary alicyclic amines) is 1. The predicted octanol–water partition coefficient (Wildman–Crippen LogP) is 2.37. The summed E-state index contributed by atoms with van der Waals surface area (Å²) in [5.74, 6) is 0.248. The van der Waals surface area contributed by atoms with Crippen LogP contribution in [0.3, 0.4) is 0 Å². The highest BCUT2D eigenvalue weighted by Crippen LogP contribution is 2.23. The molecule has 3 rings (SSSR count). The van der Waals surface area contributed by atoms with Gasteiger partial charge in [0.15, 0.2) is 0 Å². The summed E-state index contributed by atoms with van der Waals surface area (Å²) >= 11 is 1.35. The first-order chi connectivity index (χ1) is 14.1. The van der Waals surface area contributed by atoms with Gasteiger partial charge >= 0.3 is 0 Å². The zero-order valence-electron chi connectivity index (χ0n) is 16.7. The van der Waals surface area contributed by atoms with E-state index in [1.165, 1.54) is 11.3 Å². The zero-order chi connectivity index (χ0) is 20.6. The van der Waals surface area contributed by atoms with Crippen molar-refractivity contribution in [3.8, 4) is 5.75 Å². The van der Waals surface area contributed by atoms with Crippen LogP contribution in [0.1, 0.15) is 24.8 Å². The fraction of sp³-hybridized carbons (Fsp3) is 0.500. The molecule has 1 aliphatic heterocycles. The Hall–Kier alpha value is -2.52. The number of rotatable bonds is 10. The Morgan fingerprint density at radius 1 is 1.34 bits per heavy atom. The summed E-state index contributed by atoms with van der Waals surface area (Å²) in [6.45, 7) is 3.36. The topological polar surface area (TPSA) is 93.7 Å². The van der Waals surface area contributed by atoms with Crippen LogP contribution in [0.2, 0.25) is 0 Å². The number of carbonyl (C=O) groups excluding carboxylic acids is 2. The molecular weight excluding hydrogens is 392 g/mol. The number of amides is 2. The van der Waals surface area contributed by atoms with Crippen LogP contribution < -0.4 is 10.1 Å². The molecule has 0 bridgehead atoms. The average molecular weight is 419 g/mol. The summed E-state index contributed by atoms with van der Waals surface area (Å²) in [6.07, 6.45) is 1.74. The Kier molecular flexibility index (Phi) is 7.54. The second-order valence-electron chi connectivity index (χ2n) is 7.01. The molecule has 9 heteroatoms. The molecule has 8 nitrogen and oxygen atoms in total. The van der Waals surface area contributed by atoms with Crippen LogP contribution in [-0.2, 0) is 20.7 Å². The lowest BCUT2D eigenvalue weighted by Gasteiger charge is -2.23. The van der Waals surface area contributed by atoms with Gasteiger partial charge in [-0.1, -0.05) is 29.5 Å². The Balaban J connectivity index is 1.42. The molecule has 2 amide bonds. The maximum atomic E-state index is 12.5. The van der Waals surface area contributed by atoms with Crippen molar-refractivity contribution < 1.29 is 19.1 Å². The highest BCUT2D eigenvalue weighted by Gasteiger charge is 2.36. The number of nitrogens with zero attached hydrogens (tertiary/aromatic N) is 3. The van der Waals surface area contributed by atoms with Crippen LogP contribution in [0.25, 0.3) is 0 Å². The van der Waals surface area contributed by atoms with Gasteiger partial charge in [-0.25, -0.2) is 0 Å². The van der Waals surface area contributed by atoms with Gasteiger partial charge in [-0.05, 0) is 25.5 Å². The van der Waals surface area contributed by atoms with Crippen molar-refractivity contribution in [2.45, 2.75) is 32.2 Å². The quantitative estimate of drug-likeness (QED) is 0.596. The number of carbonyl (C=O) groups is 2. The number of ether oxygens (including phenoxy) is 2. The molecule has 1 aromatic carbocycles. The largest absolute Gasteiger partial charge is 0.494 e. The number of hydrogen-bond acceptors (Lipinski definition) is 7. The molecule has 1 fully saturated rings. The lowest BCUT2D eigenvalue weighted by molar-refractivity contribution is -0.130. The third-order valence-electron chi connectivity index (χ3n) is 4.71. The van der Waals surface area contributed by atoms with Gasteiger partial charge in [0.25, 0.3) is 0 Å². The van der Waals surface area contributed by atoms with Crippen molar-refractivity contribution in [2.75, 3.05) is 32.2 Å². The van der Waals surface area contributed by atoms with Crippen LogP contribution in [-0.4, -0.2) is 59.8 Å². The monoisotopic (exact) mass is 418 g/mol. The van der Waals surface area contributed by atoms with E-state index < -0.39 is 0 Å². The van der Waals surface area contributed by atoms with Crippen molar-refractivity contribution in [1.82, 2.24) is 15.1 Å². The maximum absolute atomic E-state index is 12.5. The van der Waals surface area contributed by atoms with Crippen LogP contribution in [0.15, 0.2) is 30.3 Å². The van der Waals surface area contributed by atoms with Crippen molar-refractivity contribution in [3.05, 3.63) is 35.3 Å². The molecule has 0 spiro atoms.